The number of halogens is 3. The predicted octanol–water partition coefficient (Wildman–Crippen LogP) is 3.24. The molecule has 1 fully saturated rings. The third-order valence-electron chi connectivity index (χ3n) is 4.28. The van der Waals surface area contributed by atoms with Gasteiger partial charge in [-0.3, -0.25) is 4.79 Å². The van der Waals surface area contributed by atoms with Gasteiger partial charge in [0.1, 0.15) is 0 Å². The zero-order valence-corrected chi connectivity index (χ0v) is 15.1. The maximum absolute atomic E-state index is 12.7. The topological polar surface area (TPSA) is 70.7 Å². The van der Waals surface area contributed by atoms with Gasteiger partial charge < -0.3 is 20.3 Å². The van der Waals surface area contributed by atoms with Crippen molar-refractivity contribution in [3.05, 3.63) is 29.8 Å². The van der Waals surface area contributed by atoms with E-state index in [1.165, 1.54) is 12.1 Å². The summed E-state index contributed by atoms with van der Waals surface area (Å²) in [4.78, 5) is 25.2. The number of ether oxygens (including phenoxy) is 1. The first-order valence-electron chi connectivity index (χ1n) is 8.91. The Balaban J connectivity index is 1.69. The van der Waals surface area contributed by atoms with Crippen molar-refractivity contribution < 1.29 is 27.5 Å². The average molecular weight is 387 g/mol. The van der Waals surface area contributed by atoms with E-state index in [9.17, 15) is 22.8 Å². The highest BCUT2D eigenvalue weighted by Crippen LogP contribution is 2.30. The van der Waals surface area contributed by atoms with Crippen LogP contribution in [0.3, 0.4) is 0 Å². The van der Waals surface area contributed by atoms with Crippen LogP contribution in [0.25, 0.3) is 0 Å². The zero-order chi connectivity index (χ0) is 19.9. The number of nitrogens with zero attached hydrogens (tertiary/aromatic N) is 1. The summed E-state index contributed by atoms with van der Waals surface area (Å²) in [7, 11) is 0. The second-order valence-corrected chi connectivity index (χ2v) is 6.29. The van der Waals surface area contributed by atoms with Crippen LogP contribution in [0.4, 0.5) is 23.7 Å². The fourth-order valence-electron chi connectivity index (χ4n) is 2.87. The molecule has 2 amide bonds. The molecule has 150 valence electrons. The van der Waals surface area contributed by atoms with Crippen LogP contribution in [-0.2, 0) is 15.7 Å². The first-order chi connectivity index (χ1) is 12.8. The largest absolute Gasteiger partial charge is 0.450 e. The van der Waals surface area contributed by atoms with E-state index >= 15 is 0 Å². The first kappa shape index (κ1) is 21.0. The summed E-state index contributed by atoms with van der Waals surface area (Å²) < 4.78 is 43.0. The highest BCUT2D eigenvalue weighted by atomic mass is 19.4. The lowest BCUT2D eigenvalue weighted by atomic mass is 10.1. The van der Waals surface area contributed by atoms with Gasteiger partial charge >= 0.3 is 12.3 Å². The molecule has 1 aromatic carbocycles. The monoisotopic (exact) mass is 387 g/mol. The summed E-state index contributed by atoms with van der Waals surface area (Å²) in [5.41, 5.74) is -0.677. The van der Waals surface area contributed by atoms with Crippen molar-refractivity contribution >= 4 is 17.7 Å². The molecule has 0 spiro atoms. The van der Waals surface area contributed by atoms with Crippen LogP contribution in [0, 0.1) is 0 Å². The summed E-state index contributed by atoms with van der Waals surface area (Å²) >= 11 is 0. The third kappa shape index (κ3) is 6.74. The van der Waals surface area contributed by atoms with E-state index in [1.54, 1.807) is 11.8 Å². The van der Waals surface area contributed by atoms with Crippen molar-refractivity contribution in [1.29, 1.82) is 0 Å². The van der Waals surface area contributed by atoms with Crippen LogP contribution in [0.2, 0.25) is 0 Å². The van der Waals surface area contributed by atoms with E-state index in [-0.39, 0.29) is 30.2 Å². The first-order valence-corrected chi connectivity index (χ1v) is 8.91. The highest BCUT2D eigenvalue weighted by Gasteiger charge is 2.30. The molecule has 1 heterocycles. The molecule has 2 N–H and O–H groups in total. The van der Waals surface area contributed by atoms with Crippen molar-refractivity contribution in [2.45, 2.75) is 38.4 Å². The summed E-state index contributed by atoms with van der Waals surface area (Å²) in [6.45, 7) is 3.70. The summed E-state index contributed by atoms with van der Waals surface area (Å²) in [5, 5.41) is 5.73. The number of anilines is 1. The van der Waals surface area contributed by atoms with E-state index in [1.807, 2.05) is 0 Å². The minimum Gasteiger partial charge on any atom is -0.450 e. The number of amides is 2. The van der Waals surface area contributed by atoms with E-state index in [2.05, 4.69) is 10.6 Å². The van der Waals surface area contributed by atoms with E-state index in [0.717, 1.165) is 25.0 Å². The summed E-state index contributed by atoms with van der Waals surface area (Å²) in [6, 6.07) is 4.74. The third-order valence-corrected chi connectivity index (χ3v) is 4.28. The maximum Gasteiger partial charge on any atom is 0.416 e. The fraction of sp³-hybridized carbons (Fsp3) is 0.556. The van der Waals surface area contributed by atoms with Crippen LogP contribution in [0.15, 0.2) is 24.3 Å². The minimum atomic E-state index is -4.44. The number of carbonyl (C=O) groups excluding carboxylic acids is 2. The Morgan fingerprint density at radius 2 is 1.96 bits per heavy atom. The molecule has 0 aliphatic carbocycles. The molecule has 0 unspecified atom stereocenters. The van der Waals surface area contributed by atoms with Crippen LogP contribution in [0.1, 0.15) is 31.7 Å². The number of nitrogens with one attached hydrogen (secondary N) is 2. The van der Waals surface area contributed by atoms with Gasteiger partial charge in [0.05, 0.1) is 12.2 Å². The van der Waals surface area contributed by atoms with Crippen molar-refractivity contribution in [1.82, 2.24) is 10.2 Å². The molecule has 0 bridgehead atoms. The smallest absolute Gasteiger partial charge is 0.416 e. The van der Waals surface area contributed by atoms with Gasteiger partial charge in [-0.1, -0.05) is 6.07 Å². The average Bonchev–Trinajstić information content (AvgIpc) is 2.62. The van der Waals surface area contributed by atoms with Crippen LogP contribution in [-0.4, -0.2) is 49.2 Å². The van der Waals surface area contributed by atoms with E-state index in [0.29, 0.717) is 26.2 Å². The Labute approximate surface area is 156 Å². The molecule has 0 saturated carbocycles. The van der Waals surface area contributed by atoms with Gasteiger partial charge in [-0.05, 0) is 38.0 Å². The van der Waals surface area contributed by atoms with Crippen LogP contribution >= 0.6 is 0 Å². The Hall–Kier alpha value is -2.29. The normalized spacial score (nSPS) is 15.5. The molecule has 1 aliphatic rings. The van der Waals surface area contributed by atoms with Crippen LogP contribution < -0.4 is 10.6 Å². The molecule has 0 radical (unpaired) electrons. The molecule has 1 saturated heterocycles. The van der Waals surface area contributed by atoms with Crippen LogP contribution in [0.5, 0.6) is 0 Å². The number of likely N-dealkylation sites (tertiary alicyclic amines) is 1. The molecule has 1 aliphatic heterocycles. The Morgan fingerprint density at radius 3 is 2.59 bits per heavy atom. The fourth-order valence-corrected chi connectivity index (χ4v) is 2.87. The molecular weight excluding hydrogens is 363 g/mol. The van der Waals surface area contributed by atoms with Gasteiger partial charge in [-0.2, -0.15) is 13.2 Å². The number of piperidine rings is 1. The molecule has 1 aromatic rings. The molecule has 0 atom stereocenters. The van der Waals surface area contributed by atoms with Gasteiger partial charge in [-0.25, -0.2) is 4.79 Å². The van der Waals surface area contributed by atoms with Gasteiger partial charge in [-0.15, -0.1) is 0 Å². The van der Waals surface area contributed by atoms with Gasteiger partial charge in [0, 0.05) is 37.8 Å². The number of rotatable bonds is 6. The van der Waals surface area contributed by atoms with Crippen molar-refractivity contribution in [3.63, 3.8) is 0 Å². The lowest BCUT2D eigenvalue weighted by Gasteiger charge is -2.31. The Kier molecular flexibility index (Phi) is 7.46. The number of carbonyl (C=O) groups is 2. The lowest BCUT2D eigenvalue weighted by Crippen LogP contribution is -2.45. The van der Waals surface area contributed by atoms with Crippen molar-refractivity contribution in [2.24, 2.45) is 0 Å². The molecular formula is C18H24F3N3O3. The van der Waals surface area contributed by atoms with E-state index in [4.69, 9.17) is 4.74 Å². The van der Waals surface area contributed by atoms with E-state index < -0.39 is 11.7 Å². The van der Waals surface area contributed by atoms with Gasteiger partial charge in [0.15, 0.2) is 0 Å². The van der Waals surface area contributed by atoms with Crippen molar-refractivity contribution in [2.75, 3.05) is 31.6 Å². The standard InChI is InChI=1S/C18H24F3N3O3/c1-2-27-17(26)24-10-7-14(8-11-24)22-9-6-16(25)23-15-5-3-4-13(12-15)18(19,20)21/h3-5,12,14,22H,2,6-11H2,1H3,(H,23,25). The highest BCUT2D eigenvalue weighted by molar-refractivity contribution is 5.90. The SMILES string of the molecule is CCOC(=O)N1CCC(NCCC(=O)Nc2cccc(C(F)(F)F)c2)CC1. The van der Waals surface area contributed by atoms with Gasteiger partial charge in [0.2, 0.25) is 5.91 Å². The quantitative estimate of drug-likeness (QED) is 0.786. The molecule has 6 nitrogen and oxygen atoms in total. The summed E-state index contributed by atoms with van der Waals surface area (Å²) in [6.07, 6.45) is -3.09. The molecule has 0 aromatic heterocycles. The van der Waals surface area contributed by atoms with Gasteiger partial charge in [0.25, 0.3) is 0 Å². The number of alkyl halides is 3. The predicted molar refractivity (Wildman–Crippen MR) is 94.3 cm³/mol. The second-order valence-electron chi connectivity index (χ2n) is 6.29. The molecule has 9 heteroatoms. The second kappa shape index (κ2) is 9.59. The minimum absolute atomic E-state index is 0.123. The van der Waals surface area contributed by atoms with Crippen molar-refractivity contribution in [3.8, 4) is 0 Å². The lowest BCUT2D eigenvalue weighted by molar-refractivity contribution is -0.137. The zero-order valence-electron chi connectivity index (χ0n) is 15.1. The number of benzene rings is 1. The Bertz CT molecular complexity index is 644. The molecule has 2 rings (SSSR count). The number of hydrogen-bond donors (Lipinski definition) is 2. The Morgan fingerprint density at radius 1 is 1.26 bits per heavy atom. The summed E-state index contributed by atoms with van der Waals surface area (Å²) in [5.74, 6) is -0.356. The number of hydrogen-bond acceptors (Lipinski definition) is 4. The molecule has 27 heavy (non-hydrogen) atoms. The maximum atomic E-state index is 12.7.